The summed E-state index contributed by atoms with van der Waals surface area (Å²) in [7, 11) is 0. The predicted molar refractivity (Wildman–Crippen MR) is 104 cm³/mol. The summed E-state index contributed by atoms with van der Waals surface area (Å²) in [6, 6.07) is 15.2. The second kappa shape index (κ2) is 8.86. The molecule has 1 heterocycles. The molecule has 0 spiro atoms. The highest BCUT2D eigenvalue weighted by Gasteiger charge is 2.11. The number of carbonyl (C=O) groups excluding carboxylic acids is 2. The summed E-state index contributed by atoms with van der Waals surface area (Å²) < 4.78 is 11.1. The average Bonchev–Trinajstić information content (AvgIpc) is 2.69. The van der Waals surface area contributed by atoms with Gasteiger partial charge < -0.3 is 9.47 Å². The molecule has 0 saturated carbocycles. The van der Waals surface area contributed by atoms with Gasteiger partial charge in [0.05, 0.1) is 11.3 Å². The molecule has 7 heteroatoms. The lowest BCUT2D eigenvalue weighted by molar-refractivity contribution is -0.120. The Hall–Kier alpha value is -3.32. The SMILES string of the molecule is O=COc1cccc(N=Cc2cc(Br)ccc2OC(=O)c2cccnc2)c1. The minimum atomic E-state index is -0.513. The molecule has 0 aliphatic carbocycles. The zero-order valence-corrected chi connectivity index (χ0v) is 15.5. The van der Waals surface area contributed by atoms with E-state index in [4.69, 9.17) is 9.47 Å². The quantitative estimate of drug-likeness (QED) is 0.254. The van der Waals surface area contributed by atoms with Crippen LogP contribution in [0.5, 0.6) is 11.5 Å². The third-order valence-electron chi connectivity index (χ3n) is 3.43. The minimum absolute atomic E-state index is 0.349. The van der Waals surface area contributed by atoms with Crippen LogP contribution in [0.1, 0.15) is 15.9 Å². The summed E-state index contributed by atoms with van der Waals surface area (Å²) >= 11 is 3.39. The zero-order valence-electron chi connectivity index (χ0n) is 13.9. The molecule has 3 aromatic rings. The first-order valence-corrected chi connectivity index (χ1v) is 8.61. The number of halogens is 1. The lowest BCUT2D eigenvalue weighted by atomic mass is 10.2. The fourth-order valence-corrected chi connectivity index (χ4v) is 2.57. The molecule has 0 fully saturated rings. The van der Waals surface area contributed by atoms with Crippen molar-refractivity contribution in [3.8, 4) is 11.5 Å². The number of ether oxygens (including phenoxy) is 2. The number of esters is 1. The maximum atomic E-state index is 12.3. The van der Waals surface area contributed by atoms with Gasteiger partial charge in [-0.05, 0) is 42.5 Å². The smallest absolute Gasteiger partial charge is 0.345 e. The van der Waals surface area contributed by atoms with Gasteiger partial charge in [-0.3, -0.25) is 14.8 Å². The van der Waals surface area contributed by atoms with Crippen LogP contribution in [0, 0.1) is 0 Å². The second-order valence-corrected chi connectivity index (χ2v) is 6.20. The van der Waals surface area contributed by atoms with E-state index in [2.05, 4.69) is 25.9 Å². The van der Waals surface area contributed by atoms with E-state index in [1.54, 1.807) is 67.0 Å². The molecular formula is C20H13BrN2O4. The first-order chi connectivity index (χ1) is 13.2. The van der Waals surface area contributed by atoms with Crippen LogP contribution in [0.3, 0.4) is 0 Å². The van der Waals surface area contributed by atoms with Crippen molar-refractivity contribution in [2.75, 3.05) is 0 Å². The number of aliphatic imine (C=N–C) groups is 1. The highest BCUT2D eigenvalue weighted by atomic mass is 79.9. The molecule has 1 aromatic heterocycles. The summed E-state index contributed by atoms with van der Waals surface area (Å²) in [4.78, 5) is 31.0. The molecule has 2 aromatic carbocycles. The number of nitrogens with zero attached hydrogens (tertiary/aromatic N) is 2. The summed E-state index contributed by atoms with van der Waals surface area (Å²) in [6.07, 6.45) is 4.58. The third-order valence-corrected chi connectivity index (χ3v) is 3.92. The fourth-order valence-electron chi connectivity index (χ4n) is 2.19. The van der Waals surface area contributed by atoms with Gasteiger partial charge in [-0.25, -0.2) is 4.79 Å². The van der Waals surface area contributed by atoms with Crippen molar-refractivity contribution in [1.29, 1.82) is 0 Å². The predicted octanol–water partition coefficient (Wildman–Crippen LogP) is 4.35. The fraction of sp³-hybridized carbons (Fsp3) is 0. The Morgan fingerprint density at radius 3 is 2.78 bits per heavy atom. The first-order valence-electron chi connectivity index (χ1n) is 7.82. The number of hydrogen-bond donors (Lipinski definition) is 0. The number of aromatic nitrogens is 1. The lowest BCUT2D eigenvalue weighted by Gasteiger charge is -2.08. The lowest BCUT2D eigenvalue weighted by Crippen LogP contribution is -2.10. The van der Waals surface area contributed by atoms with Gasteiger partial charge in [0.1, 0.15) is 11.5 Å². The van der Waals surface area contributed by atoms with Crippen LogP contribution in [-0.2, 0) is 4.79 Å². The Morgan fingerprint density at radius 2 is 2.00 bits per heavy atom. The van der Waals surface area contributed by atoms with Gasteiger partial charge >= 0.3 is 5.97 Å². The molecule has 0 aliphatic heterocycles. The largest absolute Gasteiger partial charge is 0.429 e. The molecule has 0 atom stereocenters. The monoisotopic (exact) mass is 424 g/mol. The number of benzene rings is 2. The van der Waals surface area contributed by atoms with Crippen molar-refractivity contribution < 1.29 is 19.1 Å². The van der Waals surface area contributed by atoms with Crippen LogP contribution in [0.2, 0.25) is 0 Å². The first kappa shape index (κ1) is 18.5. The van der Waals surface area contributed by atoms with E-state index in [1.165, 1.54) is 6.20 Å². The Morgan fingerprint density at radius 1 is 1.11 bits per heavy atom. The molecule has 0 radical (unpaired) electrons. The van der Waals surface area contributed by atoms with Gasteiger partial charge in [0.25, 0.3) is 6.47 Å². The van der Waals surface area contributed by atoms with Gasteiger partial charge in [0.15, 0.2) is 0 Å². The molecule has 0 bridgehead atoms. The Balaban J connectivity index is 1.85. The van der Waals surface area contributed by atoms with E-state index in [1.807, 2.05) is 0 Å². The van der Waals surface area contributed by atoms with E-state index in [9.17, 15) is 9.59 Å². The van der Waals surface area contributed by atoms with Crippen LogP contribution in [0.25, 0.3) is 0 Å². The van der Waals surface area contributed by atoms with Crippen LogP contribution < -0.4 is 9.47 Å². The topological polar surface area (TPSA) is 77.9 Å². The second-order valence-electron chi connectivity index (χ2n) is 5.28. The van der Waals surface area contributed by atoms with Crippen LogP contribution in [0.4, 0.5) is 5.69 Å². The Bertz CT molecular complexity index is 990. The van der Waals surface area contributed by atoms with E-state index in [0.29, 0.717) is 34.8 Å². The van der Waals surface area contributed by atoms with Gasteiger partial charge in [0.2, 0.25) is 0 Å². The van der Waals surface area contributed by atoms with Gasteiger partial charge in [-0.15, -0.1) is 0 Å². The molecule has 27 heavy (non-hydrogen) atoms. The zero-order chi connectivity index (χ0) is 19.1. The highest BCUT2D eigenvalue weighted by molar-refractivity contribution is 9.10. The summed E-state index contributed by atoms with van der Waals surface area (Å²) in [5.41, 5.74) is 1.53. The average molecular weight is 425 g/mol. The van der Waals surface area contributed by atoms with E-state index in [0.717, 1.165) is 4.47 Å². The van der Waals surface area contributed by atoms with Crippen molar-refractivity contribution >= 4 is 40.3 Å². The van der Waals surface area contributed by atoms with E-state index in [-0.39, 0.29) is 0 Å². The van der Waals surface area contributed by atoms with Crippen LogP contribution in [0.15, 0.2) is 76.5 Å². The van der Waals surface area contributed by atoms with Crippen molar-refractivity contribution in [3.63, 3.8) is 0 Å². The summed E-state index contributed by atoms with van der Waals surface area (Å²) in [6.45, 7) is 0.354. The summed E-state index contributed by atoms with van der Waals surface area (Å²) in [5.74, 6) is 0.231. The van der Waals surface area contributed by atoms with Crippen LogP contribution >= 0.6 is 15.9 Å². The maximum absolute atomic E-state index is 12.3. The maximum Gasteiger partial charge on any atom is 0.345 e. The normalized spacial score (nSPS) is 10.6. The van der Waals surface area contributed by atoms with Gasteiger partial charge in [-0.1, -0.05) is 22.0 Å². The van der Waals surface area contributed by atoms with Crippen molar-refractivity contribution in [3.05, 3.63) is 82.6 Å². The highest BCUT2D eigenvalue weighted by Crippen LogP contribution is 2.25. The molecule has 3 rings (SSSR count). The molecule has 0 aliphatic rings. The minimum Gasteiger partial charge on any atom is -0.429 e. The van der Waals surface area contributed by atoms with Crippen molar-refractivity contribution in [2.45, 2.75) is 0 Å². The molecule has 0 saturated heterocycles. The number of rotatable bonds is 6. The number of carbonyl (C=O) groups is 2. The standard InChI is InChI=1S/C20H13BrN2O4/c21-16-6-7-19(27-20(25)14-3-2-8-22-11-14)15(9-16)12-23-17-4-1-5-18(10-17)26-13-24/h1-13H. The van der Waals surface area contributed by atoms with Crippen LogP contribution in [-0.4, -0.2) is 23.6 Å². The molecule has 0 amide bonds. The van der Waals surface area contributed by atoms with E-state index >= 15 is 0 Å². The van der Waals surface area contributed by atoms with E-state index < -0.39 is 5.97 Å². The summed E-state index contributed by atoms with van der Waals surface area (Å²) in [5, 5.41) is 0. The number of hydrogen-bond acceptors (Lipinski definition) is 6. The van der Waals surface area contributed by atoms with Gasteiger partial charge in [-0.2, -0.15) is 0 Å². The third kappa shape index (κ3) is 5.08. The molecule has 6 nitrogen and oxygen atoms in total. The Kier molecular flexibility index (Phi) is 6.06. The van der Waals surface area contributed by atoms with Crippen molar-refractivity contribution in [2.24, 2.45) is 4.99 Å². The number of pyridine rings is 1. The molecule has 0 unspecified atom stereocenters. The molecular weight excluding hydrogens is 412 g/mol. The van der Waals surface area contributed by atoms with Crippen molar-refractivity contribution in [1.82, 2.24) is 4.98 Å². The molecule has 134 valence electrons. The van der Waals surface area contributed by atoms with Gasteiger partial charge in [0, 0.05) is 34.7 Å². The molecule has 0 N–H and O–H groups in total. The Labute approximate surface area is 163 Å².